The zero-order valence-electron chi connectivity index (χ0n) is 14.6. The molecule has 2 aliphatic heterocycles. The first-order chi connectivity index (χ1) is 12.3. The minimum absolute atomic E-state index is 0.126. The summed E-state index contributed by atoms with van der Waals surface area (Å²) in [5.41, 5.74) is 0. The SMILES string of the molecule is Cc1noc(C(NC2CCN(c3nccs3)CC2)C2CCOCC2)n1. The van der Waals surface area contributed by atoms with Crippen molar-refractivity contribution < 1.29 is 9.26 Å². The van der Waals surface area contributed by atoms with E-state index in [1.54, 1.807) is 11.3 Å². The maximum atomic E-state index is 5.53. The minimum atomic E-state index is 0.126. The summed E-state index contributed by atoms with van der Waals surface area (Å²) >= 11 is 1.71. The summed E-state index contributed by atoms with van der Waals surface area (Å²) < 4.78 is 11.0. The van der Waals surface area contributed by atoms with Crippen molar-refractivity contribution in [1.29, 1.82) is 0 Å². The maximum Gasteiger partial charge on any atom is 0.244 e. The number of anilines is 1. The number of ether oxygens (including phenoxy) is 1. The van der Waals surface area contributed by atoms with Crippen LogP contribution in [-0.4, -0.2) is 47.5 Å². The number of nitrogens with one attached hydrogen (secondary N) is 1. The van der Waals surface area contributed by atoms with Gasteiger partial charge in [0, 0.05) is 43.9 Å². The Morgan fingerprint density at radius 2 is 2.04 bits per heavy atom. The molecule has 4 heterocycles. The molecule has 1 atom stereocenters. The molecule has 0 saturated carbocycles. The molecule has 8 heteroatoms. The molecule has 2 saturated heterocycles. The topological polar surface area (TPSA) is 76.3 Å². The smallest absolute Gasteiger partial charge is 0.244 e. The predicted molar refractivity (Wildman–Crippen MR) is 95.8 cm³/mol. The number of rotatable bonds is 5. The van der Waals surface area contributed by atoms with Crippen molar-refractivity contribution >= 4 is 16.5 Å². The molecule has 25 heavy (non-hydrogen) atoms. The third-order valence-electron chi connectivity index (χ3n) is 5.15. The van der Waals surface area contributed by atoms with Crippen LogP contribution in [0.5, 0.6) is 0 Å². The fourth-order valence-corrected chi connectivity index (χ4v) is 4.46. The van der Waals surface area contributed by atoms with Crippen LogP contribution in [0.4, 0.5) is 5.13 Å². The molecule has 136 valence electrons. The third-order valence-corrected chi connectivity index (χ3v) is 5.98. The molecule has 1 N–H and O–H groups in total. The zero-order valence-corrected chi connectivity index (χ0v) is 15.4. The van der Waals surface area contributed by atoms with Gasteiger partial charge < -0.3 is 19.5 Å². The molecular weight excluding hydrogens is 338 g/mol. The summed E-state index contributed by atoms with van der Waals surface area (Å²) in [6, 6.07) is 0.595. The molecule has 2 aromatic heterocycles. The van der Waals surface area contributed by atoms with Crippen molar-refractivity contribution in [3.05, 3.63) is 23.3 Å². The Kier molecular flexibility index (Phi) is 5.28. The monoisotopic (exact) mass is 363 g/mol. The van der Waals surface area contributed by atoms with Gasteiger partial charge in [-0.2, -0.15) is 4.98 Å². The van der Waals surface area contributed by atoms with Crippen molar-refractivity contribution in [2.24, 2.45) is 5.92 Å². The van der Waals surface area contributed by atoms with Crippen molar-refractivity contribution in [2.45, 2.75) is 44.7 Å². The van der Waals surface area contributed by atoms with Crippen LogP contribution in [-0.2, 0) is 4.74 Å². The van der Waals surface area contributed by atoms with E-state index in [-0.39, 0.29) is 6.04 Å². The van der Waals surface area contributed by atoms with Gasteiger partial charge in [-0.3, -0.25) is 0 Å². The minimum Gasteiger partial charge on any atom is -0.381 e. The van der Waals surface area contributed by atoms with E-state index in [1.807, 2.05) is 18.5 Å². The van der Waals surface area contributed by atoms with Gasteiger partial charge in [-0.15, -0.1) is 11.3 Å². The molecule has 0 bridgehead atoms. The average Bonchev–Trinajstić information content (AvgIpc) is 3.33. The van der Waals surface area contributed by atoms with E-state index < -0.39 is 0 Å². The molecule has 0 amide bonds. The Morgan fingerprint density at radius 1 is 1.24 bits per heavy atom. The van der Waals surface area contributed by atoms with Crippen molar-refractivity contribution in [3.63, 3.8) is 0 Å². The third kappa shape index (κ3) is 4.02. The number of piperidine rings is 1. The fraction of sp³-hybridized carbons (Fsp3) is 0.706. The highest BCUT2D eigenvalue weighted by molar-refractivity contribution is 7.13. The normalized spacial score (nSPS) is 21.6. The lowest BCUT2D eigenvalue weighted by Crippen LogP contribution is -2.45. The van der Waals surface area contributed by atoms with E-state index in [9.17, 15) is 0 Å². The molecule has 2 aliphatic rings. The van der Waals surface area contributed by atoms with Crippen LogP contribution in [0.25, 0.3) is 0 Å². The number of hydrogen-bond donors (Lipinski definition) is 1. The van der Waals surface area contributed by atoms with E-state index in [0.717, 1.165) is 63.0 Å². The molecule has 0 aromatic carbocycles. The van der Waals surface area contributed by atoms with Crippen LogP contribution in [0.15, 0.2) is 16.1 Å². The second-order valence-electron chi connectivity index (χ2n) is 6.85. The lowest BCUT2D eigenvalue weighted by Gasteiger charge is -2.36. The predicted octanol–water partition coefficient (Wildman–Crippen LogP) is 2.56. The average molecular weight is 363 g/mol. The molecule has 0 aliphatic carbocycles. The number of aromatic nitrogens is 3. The van der Waals surface area contributed by atoms with E-state index >= 15 is 0 Å². The van der Waals surface area contributed by atoms with Gasteiger partial charge in [-0.05, 0) is 38.5 Å². The van der Waals surface area contributed by atoms with Crippen LogP contribution in [0.2, 0.25) is 0 Å². The Bertz CT molecular complexity index is 648. The van der Waals surface area contributed by atoms with Crippen molar-refractivity contribution in [2.75, 3.05) is 31.2 Å². The summed E-state index contributed by atoms with van der Waals surface area (Å²) in [6.07, 6.45) is 6.16. The first-order valence-electron chi connectivity index (χ1n) is 9.08. The number of thiazole rings is 1. The van der Waals surface area contributed by atoms with E-state index in [1.165, 1.54) is 0 Å². The Balaban J connectivity index is 1.40. The van der Waals surface area contributed by atoms with Gasteiger partial charge in [0.05, 0.1) is 6.04 Å². The van der Waals surface area contributed by atoms with Crippen LogP contribution in [0.3, 0.4) is 0 Å². The van der Waals surface area contributed by atoms with Crippen molar-refractivity contribution in [3.8, 4) is 0 Å². The van der Waals surface area contributed by atoms with Gasteiger partial charge in [0.2, 0.25) is 5.89 Å². The number of hydrogen-bond acceptors (Lipinski definition) is 8. The summed E-state index contributed by atoms with van der Waals surface area (Å²) in [4.78, 5) is 11.3. The van der Waals surface area contributed by atoms with Crippen LogP contribution < -0.4 is 10.2 Å². The molecule has 1 unspecified atom stereocenters. The quantitative estimate of drug-likeness (QED) is 0.875. The van der Waals surface area contributed by atoms with Crippen LogP contribution in [0.1, 0.15) is 43.4 Å². The summed E-state index contributed by atoms with van der Waals surface area (Å²) in [6.45, 7) is 5.58. The largest absolute Gasteiger partial charge is 0.381 e. The second-order valence-corrected chi connectivity index (χ2v) is 7.72. The van der Waals surface area contributed by atoms with E-state index in [0.29, 0.717) is 17.8 Å². The molecule has 4 rings (SSSR count). The fourth-order valence-electron chi connectivity index (χ4n) is 3.76. The first-order valence-corrected chi connectivity index (χ1v) is 9.96. The number of nitrogens with zero attached hydrogens (tertiary/aromatic N) is 4. The number of aryl methyl sites for hydroxylation is 1. The standard InChI is InChI=1S/C17H25N5O2S/c1-12-19-16(24-21-12)15(13-4-9-23-10-5-13)20-14-2-7-22(8-3-14)17-18-6-11-25-17/h6,11,13-15,20H,2-5,7-10H2,1H3. The zero-order chi connectivity index (χ0) is 17.1. The summed E-state index contributed by atoms with van der Waals surface area (Å²) in [5, 5.41) is 11.0. The van der Waals surface area contributed by atoms with Crippen molar-refractivity contribution in [1.82, 2.24) is 20.4 Å². The Morgan fingerprint density at radius 3 is 2.68 bits per heavy atom. The van der Waals surface area contributed by atoms with Gasteiger partial charge in [0.25, 0.3) is 0 Å². The van der Waals surface area contributed by atoms with Gasteiger partial charge in [-0.25, -0.2) is 4.98 Å². The lowest BCUT2D eigenvalue weighted by atomic mass is 9.90. The maximum absolute atomic E-state index is 5.53. The summed E-state index contributed by atoms with van der Waals surface area (Å²) in [5.74, 6) is 1.92. The van der Waals surface area contributed by atoms with Crippen LogP contribution in [0, 0.1) is 12.8 Å². The van der Waals surface area contributed by atoms with Crippen LogP contribution >= 0.6 is 11.3 Å². The molecule has 2 aromatic rings. The van der Waals surface area contributed by atoms with E-state index in [2.05, 4.69) is 25.3 Å². The van der Waals surface area contributed by atoms with Gasteiger partial charge in [0.1, 0.15) is 0 Å². The van der Waals surface area contributed by atoms with Gasteiger partial charge in [0.15, 0.2) is 11.0 Å². The molecule has 7 nitrogen and oxygen atoms in total. The lowest BCUT2D eigenvalue weighted by molar-refractivity contribution is 0.0461. The Hall–Kier alpha value is -1.51. The molecular formula is C17H25N5O2S. The second kappa shape index (κ2) is 7.80. The van der Waals surface area contributed by atoms with Gasteiger partial charge >= 0.3 is 0 Å². The van der Waals surface area contributed by atoms with Gasteiger partial charge in [-0.1, -0.05) is 5.16 Å². The molecule has 0 spiro atoms. The summed E-state index contributed by atoms with van der Waals surface area (Å²) in [7, 11) is 0. The highest BCUT2D eigenvalue weighted by Crippen LogP contribution is 2.31. The molecule has 2 fully saturated rings. The Labute approximate surface area is 151 Å². The van der Waals surface area contributed by atoms with E-state index in [4.69, 9.17) is 9.26 Å². The highest BCUT2D eigenvalue weighted by atomic mass is 32.1. The first kappa shape index (κ1) is 16.9. The highest BCUT2D eigenvalue weighted by Gasteiger charge is 2.32. The molecule has 0 radical (unpaired) electrons.